The summed E-state index contributed by atoms with van der Waals surface area (Å²) in [6.45, 7) is 5.03. The molecule has 1 aromatic rings. The van der Waals surface area contributed by atoms with E-state index in [9.17, 15) is 4.79 Å². The number of rotatable bonds is 7. The quantitative estimate of drug-likeness (QED) is 0.751. The molecule has 1 aliphatic rings. The summed E-state index contributed by atoms with van der Waals surface area (Å²) in [7, 11) is 0. The second-order valence-electron chi connectivity index (χ2n) is 4.83. The van der Waals surface area contributed by atoms with Crippen LogP contribution in [0.1, 0.15) is 29.9 Å². The van der Waals surface area contributed by atoms with Gasteiger partial charge in [-0.3, -0.25) is 9.69 Å². The number of benzene rings is 1. The highest BCUT2D eigenvalue weighted by molar-refractivity contribution is 5.69. The molecule has 18 heavy (non-hydrogen) atoms. The molecule has 0 heterocycles. The van der Waals surface area contributed by atoms with E-state index in [1.807, 2.05) is 11.0 Å². The highest BCUT2D eigenvalue weighted by Crippen LogP contribution is 2.41. The molecule has 0 atom stereocenters. The molecular weight excluding hydrogens is 226 g/mol. The molecule has 1 aliphatic carbocycles. The lowest BCUT2D eigenvalue weighted by atomic mass is 10.0. The van der Waals surface area contributed by atoms with Gasteiger partial charge < -0.3 is 5.11 Å². The van der Waals surface area contributed by atoms with Crippen LogP contribution < -0.4 is 0 Å². The van der Waals surface area contributed by atoms with Crippen LogP contribution in [0.2, 0.25) is 0 Å². The van der Waals surface area contributed by atoms with Crippen LogP contribution in [0.4, 0.5) is 0 Å². The van der Waals surface area contributed by atoms with Crippen molar-refractivity contribution in [1.82, 2.24) is 4.90 Å². The molecule has 0 bridgehead atoms. The number of hydrogen-bond donors (Lipinski definition) is 1. The van der Waals surface area contributed by atoms with E-state index in [1.165, 1.54) is 24.0 Å². The van der Waals surface area contributed by atoms with E-state index in [0.717, 1.165) is 0 Å². The van der Waals surface area contributed by atoms with Crippen LogP contribution in [-0.2, 0) is 11.3 Å². The van der Waals surface area contributed by atoms with Gasteiger partial charge in [0.15, 0.2) is 0 Å². The van der Waals surface area contributed by atoms with E-state index in [-0.39, 0.29) is 6.54 Å². The number of carbonyl (C=O) groups is 1. The lowest BCUT2D eigenvalue weighted by Gasteiger charge is -2.20. The third kappa shape index (κ3) is 3.44. The van der Waals surface area contributed by atoms with Gasteiger partial charge in [-0.25, -0.2) is 0 Å². The average molecular weight is 245 g/mol. The van der Waals surface area contributed by atoms with Gasteiger partial charge in [-0.15, -0.1) is 6.58 Å². The highest BCUT2D eigenvalue weighted by Gasteiger charge is 2.26. The number of carboxylic acid groups (broad SMARTS) is 1. The molecule has 0 aromatic heterocycles. The van der Waals surface area contributed by atoms with Crippen LogP contribution in [0, 0.1) is 0 Å². The van der Waals surface area contributed by atoms with Gasteiger partial charge in [0.2, 0.25) is 0 Å². The monoisotopic (exact) mass is 245 g/mol. The van der Waals surface area contributed by atoms with Crippen LogP contribution in [0.5, 0.6) is 0 Å². The Kier molecular flexibility index (Phi) is 4.15. The van der Waals surface area contributed by atoms with Gasteiger partial charge in [0.05, 0.1) is 6.54 Å². The molecule has 0 saturated heterocycles. The first-order valence-corrected chi connectivity index (χ1v) is 6.33. The molecule has 2 rings (SSSR count). The minimum atomic E-state index is -0.791. The molecule has 1 aromatic carbocycles. The molecule has 0 radical (unpaired) electrons. The SMILES string of the molecule is C=CCN(CC(=O)O)Cc1ccccc1C1CC1. The Balaban J connectivity index is 2.09. The van der Waals surface area contributed by atoms with Crippen LogP contribution in [0.3, 0.4) is 0 Å². The number of hydrogen-bond acceptors (Lipinski definition) is 2. The molecule has 3 nitrogen and oxygen atoms in total. The minimum Gasteiger partial charge on any atom is -0.480 e. The van der Waals surface area contributed by atoms with Crippen molar-refractivity contribution in [3.05, 3.63) is 48.0 Å². The molecule has 1 saturated carbocycles. The fourth-order valence-electron chi connectivity index (χ4n) is 2.27. The van der Waals surface area contributed by atoms with Gasteiger partial charge in [0, 0.05) is 13.1 Å². The summed E-state index contributed by atoms with van der Waals surface area (Å²) in [5.74, 6) is -0.0997. The molecule has 0 amide bonds. The number of carboxylic acids is 1. The van der Waals surface area contributed by atoms with Crippen LogP contribution in [0.15, 0.2) is 36.9 Å². The van der Waals surface area contributed by atoms with Crippen LogP contribution in [-0.4, -0.2) is 29.1 Å². The number of aliphatic carboxylic acids is 1. The molecule has 0 aliphatic heterocycles. The summed E-state index contributed by atoms with van der Waals surface area (Å²) in [6, 6.07) is 8.35. The van der Waals surface area contributed by atoms with Crippen LogP contribution >= 0.6 is 0 Å². The van der Waals surface area contributed by atoms with E-state index in [2.05, 4.69) is 24.8 Å². The van der Waals surface area contributed by atoms with Crippen molar-refractivity contribution in [2.45, 2.75) is 25.3 Å². The maximum atomic E-state index is 10.8. The fourth-order valence-corrected chi connectivity index (χ4v) is 2.27. The normalized spacial score (nSPS) is 14.7. The van der Waals surface area contributed by atoms with E-state index in [0.29, 0.717) is 19.0 Å². The van der Waals surface area contributed by atoms with Crippen molar-refractivity contribution < 1.29 is 9.90 Å². The molecule has 3 heteroatoms. The Hall–Kier alpha value is -1.61. The Bertz CT molecular complexity index is 438. The molecule has 96 valence electrons. The Morgan fingerprint density at radius 1 is 1.44 bits per heavy atom. The zero-order chi connectivity index (χ0) is 13.0. The zero-order valence-electron chi connectivity index (χ0n) is 10.5. The Morgan fingerprint density at radius 2 is 2.17 bits per heavy atom. The third-order valence-corrected chi connectivity index (χ3v) is 3.21. The van der Waals surface area contributed by atoms with Crippen molar-refractivity contribution in [3.8, 4) is 0 Å². The second kappa shape index (κ2) is 5.83. The van der Waals surface area contributed by atoms with Gasteiger partial charge in [-0.05, 0) is 29.9 Å². The van der Waals surface area contributed by atoms with Gasteiger partial charge in [0.25, 0.3) is 0 Å². The van der Waals surface area contributed by atoms with Crippen molar-refractivity contribution in [2.75, 3.05) is 13.1 Å². The van der Waals surface area contributed by atoms with Crippen molar-refractivity contribution in [3.63, 3.8) is 0 Å². The highest BCUT2D eigenvalue weighted by atomic mass is 16.4. The maximum Gasteiger partial charge on any atom is 0.317 e. The molecule has 0 unspecified atom stereocenters. The van der Waals surface area contributed by atoms with E-state index >= 15 is 0 Å². The third-order valence-electron chi connectivity index (χ3n) is 3.21. The minimum absolute atomic E-state index is 0.0605. The van der Waals surface area contributed by atoms with Gasteiger partial charge in [0.1, 0.15) is 0 Å². The predicted octanol–water partition coefficient (Wildman–Crippen LogP) is 2.64. The summed E-state index contributed by atoms with van der Waals surface area (Å²) >= 11 is 0. The maximum absolute atomic E-state index is 10.8. The van der Waals surface area contributed by atoms with Gasteiger partial charge >= 0.3 is 5.97 Å². The van der Waals surface area contributed by atoms with Crippen molar-refractivity contribution >= 4 is 5.97 Å². The zero-order valence-corrected chi connectivity index (χ0v) is 10.5. The fraction of sp³-hybridized carbons (Fsp3) is 0.400. The predicted molar refractivity (Wildman–Crippen MR) is 71.5 cm³/mol. The topological polar surface area (TPSA) is 40.5 Å². The molecule has 1 N–H and O–H groups in total. The average Bonchev–Trinajstić information content (AvgIpc) is 3.13. The largest absolute Gasteiger partial charge is 0.480 e. The lowest BCUT2D eigenvalue weighted by Crippen LogP contribution is -2.29. The number of nitrogens with zero attached hydrogens (tertiary/aromatic N) is 1. The standard InChI is InChI=1S/C15H19NO2/c1-2-9-16(11-15(17)18)10-13-5-3-4-6-14(13)12-7-8-12/h2-6,12H,1,7-11H2,(H,17,18). The smallest absolute Gasteiger partial charge is 0.317 e. The first-order valence-electron chi connectivity index (χ1n) is 6.33. The Morgan fingerprint density at radius 3 is 2.78 bits per heavy atom. The van der Waals surface area contributed by atoms with Crippen LogP contribution in [0.25, 0.3) is 0 Å². The lowest BCUT2D eigenvalue weighted by molar-refractivity contribution is -0.138. The summed E-state index contributed by atoms with van der Waals surface area (Å²) in [6.07, 6.45) is 4.28. The van der Waals surface area contributed by atoms with Crippen molar-refractivity contribution in [1.29, 1.82) is 0 Å². The van der Waals surface area contributed by atoms with Crippen molar-refractivity contribution in [2.24, 2.45) is 0 Å². The van der Waals surface area contributed by atoms with E-state index < -0.39 is 5.97 Å². The summed E-state index contributed by atoms with van der Waals surface area (Å²) < 4.78 is 0. The summed E-state index contributed by atoms with van der Waals surface area (Å²) in [5.41, 5.74) is 2.64. The molecule has 0 spiro atoms. The summed E-state index contributed by atoms with van der Waals surface area (Å²) in [5, 5.41) is 8.90. The van der Waals surface area contributed by atoms with Gasteiger partial charge in [-0.2, -0.15) is 0 Å². The van der Waals surface area contributed by atoms with E-state index in [1.54, 1.807) is 6.08 Å². The first-order chi connectivity index (χ1) is 8.70. The van der Waals surface area contributed by atoms with Gasteiger partial charge in [-0.1, -0.05) is 30.3 Å². The summed E-state index contributed by atoms with van der Waals surface area (Å²) in [4.78, 5) is 12.7. The molecule has 1 fully saturated rings. The second-order valence-corrected chi connectivity index (χ2v) is 4.83. The molecular formula is C15H19NO2. The Labute approximate surface area is 108 Å². The first kappa shape index (κ1) is 12.8. The van der Waals surface area contributed by atoms with E-state index in [4.69, 9.17) is 5.11 Å².